The number of carbonyl (C=O) groups excluding carboxylic acids is 1. The quantitative estimate of drug-likeness (QED) is 0.817. The molecule has 2 aromatic carbocycles. The number of carbonyl (C=O) groups is 1. The average Bonchev–Trinajstić information content (AvgIpc) is 3.12. The fraction of sp³-hybridized carbons (Fsp3) is 0.316. The second-order valence-corrected chi connectivity index (χ2v) is 8.19. The first kappa shape index (κ1) is 19.3. The van der Waals surface area contributed by atoms with E-state index < -0.39 is 15.4 Å². The van der Waals surface area contributed by atoms with E-state index in [1.54, 1.807) is 18.2 Å². The first-order chi connectivity index (χ1) is 12.8. The number of benzene rings is 2. The number of sulfonamides is 1. The van der Waals surface area contributed by atoms with E-state index in [9.17, 15) is 17.6 Å². The van der Waals surface area contributed by atoms with Crippen LogP contribution in [0.3, 0.4) is 0 Å². The topological polar surface area (TPSA) is 98.5 Å². The molecule has 8 heteroatoms. The van der Waals surface area contributed by atoms with Crippen LogP contribution in [0, 0.1) is 5.82 Å². The van der Waals surface area contributed by atoms with Crippen molar-refractivity contribution in [3.05, 3.63) is 53.8 Å². The fourth-order valence-corrected chi connectivity index (χ4v) is 4.34. The molecule has 0 unspecified atom stereocenters. The van der Waals surface area contributed by atoms with Crippen molar-refractivity contribution in [1.82, 2.24) is 0 Å². The molecule has 0 aromatic heterocycles. The lowest BCUT2D eigenvalue weighted by atomic mass is 9.78. The zero-order chi connectivity index (χ0) is 19.7. The van der Waals surface area contributed by atoms with Gasteiger partial charge in [0.05, 0.1) is 12.5 Å². The molecule has 0 bridgehead atoms. The molecule has 0 saturated heterocycles. The molecule has 3 N–H and O–H groups in total. The Kier molecular flexibility index (Phi) is 5.21. The molecule has 6 nitrogen and oxygen atoms in total. The number of halogens is 1. The van der Waals surface area contributed by atoms with E-state index in [0.717, 1.165) is 18.4 Å². The first-order valence-electron chi connectivity index (χ1n) is 8.55. The van der Waals surface area contributed by atoms with Gasteiger partial charge in [-0.25, -0.2) is 17.9 Å². The van der Waals surface area contributed by atoms with Crippen molar-refractivity contribution < 1.29 is 22.3 Å². The molecule has 0 aliphatic heterocycles. The van der Waals surface area contributed by atoms with Crippen LogP contribution in [0.1, 0.15) is 31.2 Å². The summed E-state index contributed by atoms with van der Waals surface area (Å²) >= 11 is 0. The van der Waals surface area contributed by atoms with E-state index in [1.807, 2.05) is 0 Å². The Labute approximate surface area is 157 Å². The van der Waals surface area contributed by atoms with Crippen LogP contribution < -0.4 is 15.2 Å². The summed E-state index contributed by atoms with van der Waals surface area (Å²) < 4.78 is 41.9. The molecule has 27 heavy (non-hydrogen) atoms. The maximum atomic E-state index is 13.3. The maximum Gasteiger partial charge on any atom is 0.241 e. The molecule has 1 aliphatic rings. The molecule has 3 rings (SSSR count). The molecule has 2 aromatic rings. The van der Waals surface area contributed by atoms with E-state index in [4.69, 9.17) is 9.88 Å². The summed E-state index contributed by atoms with van der Waals surface area (Å²) in [6.07, 6.45) is 3.05. The fourth-order valence-electron chi connectivity index (χ4n) is 3.62. The monoisotopic (exact) mass is 392 g/mol. The molecule has 1 amide bonds. The van der Waals surface area contributed by atoms with Crippen LogP contribution in [0.25, 0.3) is 0 Å². The molecule has 0 radical (unpaired) electrons. The number of hydrogen-bond donors (Lipinski definition) is 2. The van der Waals surface area contributed by atoms with Crippen molar-refractivity contribution in [2.45, 2.75) is 36.0 Å². The third kappa shape index (κ3) is 3.81. The Hall–Kier alpha value is -2.45. The van der Waals surface area contributed by atoms with E-state index in [-0.39, 0.29) is 22.4 Å². The van der Waals surface area contributed by atoms with Gasteiger partial charge in [-0.3, -0.25) is 4.79 Å². The zero-order valence-corrected chi connectivity index (χ0v) is 15.7. The van der Waals surface area contributed by atoms with Gasteiger partial charge in [0.1, 0.15) is 16.5 Å². The minimum absolute atomic E-state index is 0.101. The van der Waals surface area contributed by atoms with Crippen LogP contribution in [0.5, 0.6) is 5.75 Å². The van der Waals surface area contributed by atoms with Crippen LogP contribution in [0.4, 0.5) is 10.1 Å². The van der Waals surface area contributed by atoms with Crippen LogP contribution in [0.2, 0.25) is 0 Å². The lowest BCUT2D eigenvalue weighted by Gasteiger charge is -2.28. The van der Waals surface area contributed by atoms with Gasteiger partial charge in [-0.1, -0.05) is 25.0 Å². The molecule has 144 valence electrons. The summed E-state index contributed by atoms with van der Waals surface area (Å²) in [4.78, 5) is 12.9. The summed E-state index contributed by atoms with van der Waals surface area (Å²) in [6.45, 7) is 0. The number of rotatable bonds is 5. The molecule has 1 saturated carbocycles. The maximum absolute atomic E-state index is 13.3. The van der Waals surface area contributed by atoms with E-state index in [1.165, 1.54) is 31.4 Å². The lowest BCUT2D eigenvalue weighted by Crippen LogP contribution is -2.38. The average molecular weight is 392 g/mol. The van der Waals surface area contributed by atoms with Gasteiger partial charge in [0, 0.05) is 5.69 Å². The number of nitrogens with one attached hydrogen (secondary N) is 1. The Bertz CT molecular complexity index is 952. The molecular weight excluding hydrogens is 371 g/mol. The van der Waals surface area contributed by atoms with E-state index in [2.05, 4.69) is 5.32 Å². The lowest BCUT2D eigenvalue weighted by molar-refractivity contribution is -0.121. The summed E-state index contributed by atoms with van der Waals surface area (Å²) in [5.74, 6) is -0.512. The predicted molar refractivity (Wildman–Crippen MR) is 99.5 cm³/mol. The smallest absolute Gasteiger partial charge is 0.241 e. The van der Waals surface area contributed by atoms with Crippen LogP contribution >= 0.6 is 0 Å². The highest BCUT2D eigenvalue weighted by Gasteiger charge is 2.42. The van der Waals surface area contributed by atoms with Gasteiger partial charge < -0.3 is 10.1 Å². The van der Waals surface area contributed by atoms with Crippen LogP contribution in [-0.2, 0) is 20.2 Å². The Morgan fingerprint density at radius 2 is 1.78 bits per heavy atom. The third-order valence-electron chi connectivity index (χ3n) is 5.02. The van der Waals surface area contributed by atoms with Gasteiger partial charge in [0.15, 0.2) is 0 Å². The second-order valence-electron chi connectivity index (χ2n) is 6.66. The van der Waals surface area contributed by atoms with Gasteiger partial charge in [-0.15, -0.1) is 0 Å². The zero-order valence-electron chi connectivity index (χ0n) is 14.9. The molecule has 1 fully saturated rings. The third-order valence-corrected chi connectivity index (χ3v) is 5.95. The van der Waals surface area contributed by atoms with E-state index >= 15 is 0 Å². The number of anilines is 1. The van der Waals surface area contributed by atoms with Crippen molar-refractivity contribution in [2.24, 2.45) is 5.14 Å². The van der Waals surface area contributed by atoms with Crippen molar-refractivity contribution in [1.29, 1.82) is 0 Å². The molecular formula is C19H21FN2O4S. The number of methoxy groups -OCH3 is 1. The number of primary sulfonamides is 1. The first-order valence-corrected chi connectivity index (χ1v) is 10.1. The minimum atomic E-state index is -4.01. The molecule has 0 spiro atoms. The van der Waals surface area contributed by atoms with Gasteiger partial charge in [-0.05, 0) is 48.7 Å². The molecule has 1 aliphatic carbocycles. The number of ether oxygens (including phenoxy) is 1. The van der Waals surface area contributed by atoms with Crippen molar-refractivity contribution in [2.75, 3.05) is 12.4 Å². The standard InChI is InChI=1S/C19H21FN2O4S/c1-26-16-9-8-15(12-17(16)27(21,24)25)22-18(23)19(10-2-3-11-19)13-4-6-14(20)7-5-13/h4-9,12H,2-3,10-11H2,1H3,(H,22,23)(H2,21,24,25). The Morgan fingerprint density at radius 1 is 1.15 bits per heavy atom. The van der Waals surface area contributed by atoms with Crippen LogP contribution in [0.15, 0.2) is 47.4 Å². The highest BCUT2D eigenvalue weighted by Crippen LogP contribution is 2.42. The summed E-state index contributed by atoms with van der Waals surface area (Å²) in [6, 6.07) is 10.2. The van der Waals surface area contributed by atoms with Gasteiger partial charge in [0.25, 0.3) is 0 Å². The Morgan fingerprint density at radius 3 is 2.33 bits per heavy atom. The highest BCUT2D eigenvalue weighted by atomic mass is 32.2. The van der Waals surface area contributed by atoms with Gasteiger partial charge >= 0.3 is 0 Å². The highest BCUT2D eigenvalue weighted by molar-refractivity contribution is 7.89. The van der Waals surface area contributed by atoms with Gasteiger partial charge in [-0.2, -0.15) is 0 Å². The SMILES string of the molecule is COc1ccc(NC(=O)C2(c3ccc(F)cc3)CCCC2)cc1S(N)(=O)=O. The van der Waals surface area contributed by atoms with Crippen molar-refractivity contribution in [3.63, 3.8) is 0 Å². The summed E-state index contributed by atoms with van der Waals surface area (Å²) in [5.41, 5.74) is 0.285. The second kappa shape index (κ2) is 7.28. The normalized spacial score (nSPS) is 16.1. The number of hydrogen-bond acceptors (Lipinski definition) is 4. The van der Waals surface area contributed by atoms with Crippen molar-refractivity contribution in [3.8, 4) is 5.75 Å². The molecule has 0 atom stereocenters. The molecule has 0 heterocycles. The van der Waals surface area contributed by atoms with Gasteiger partial charge in [0.2, 0.25) is 15.9 Å². The van der Waals surface area contributed by atoms with E-state index in [0.29, 0.717) is 18.5 Å². The predicted octanol–water partition coefficient (Wildman–Crippen LogP) is 2.93. The Balaban J connectivity index is 1.94. The van der Waals surface area contributed by atoms with Crippen molar-refractivity contribution >= 4 is 21.6 Å². The summed E-state index contributed by atoms with van der Waals surface area (Å²) in [7, 11) is -2.68. The van der Waals surface area contributed by atoms with Crippen LogP contribution in [-0.4, -0.2) is 21.4 Å². The summed E-state index contributed by atoms with van der Waals surface area (Å²) in [5, 5.41) is 8.02. The largest absolute Gasteiger partial charge is 0.495 e. The number of amides is 1. The minimum Gasteiger partial charge on any atom is -0.495 e. The number of nitrogens with two attached hydrogens (primary N) is 1.